The van der Waals surface area contributed by atoms with Crippen LogP contribution in [0.25, 0.3) is 0 Å². The molecule has 0 amide bonds. The van der Waals surface area contributed by atoms with Crippen LogP contribution in [-0.4, -0.2) is 6.04 Å². The molecule has 0 aliphatic heterocycles. The molecule has 0 spiro atoms. The highest BCUT2D eigenvalue weighted by Crippen LogP contribution is 2.38. The Kier molecular flexibility index (Phi) is 4.27. The molecule has 0 radical (unpaired) electrons. The smallest absolute Gasteiger partial charge is 0.123 e. The highest BCUT2D eigenvalue weighted by Gasteiger charge is 2.30. The van der Waals surface area contributed by atoms with E-state index < -0.39 is 0 Å². The lowest BCUT2D eigenvalue weighted by Crippen LogP contribution is -2.41. The molecule has 1 nitrogen and oxygen atoms in total. The number of halogens is 2. The molecule has 3 rings (SSSR count). The third kappa shape index (κ3) is 3.45. The average Bonchev–Trinajstić information content (AvgIpc) is 2.44. The van der Waals surface area contributed by atoms with E-state index in [0.29, 0.717) is 12.0 Å². The van der Waals surface area contributed by atoms with Crippen molar-refractivity contribution in [2.24, 2.45) is 0 Å². The van der Waals surface area contributed by atoms with Crippen LogP contribution in [0, 0.1) is 5.82 Å². The van der Waals surface area contributed by atoms with Crippen molar-refractivity contribution in [1.82, 2.24) is 5.32 Å². The summed E-state index contributed by atoms with van der Waals surface area (Å²) in [5.41, 5.74) is 2.50. The highest BCUT2D eigenvalue weighted by atomic mass is 35.5. The minimum Gasteiger partial charge on any atom is -0.307 e. The van der Waals surface area contributed by atoms with Crippen molar-refractivity contribution in [2.45, 2.75) is 37.8 Å². The summed E-state index contributed by atoms with van der Waals surface area (Å²) < 4.78 is 12.9. The summed E-state index contributed by atoms with van der Waals surface area (Å²) >= 11 is 5.91. The lowest BCUT2D eigenvalue weighted by molar-refractivity contribution is 0.271. The third-order valence-corrected chi connectivity index (χ3v) is 4.59. The number of benzene rings is 2. The normalized spacial score (nSPS) is 22.6. The van der Waals surface area contributed by atoms with Crippen LogP contribution < -0.4 is 5.32 Å². The SMILES string of the molecule is CC(NC1CC(c2ccc(Cl)cc2)C1)c1ccc(F)cc1. The van der Waals surface area contributed by atoms with Crippen molar-refractivity contribution in [3.63, 3.8) is 0 Å². The number of nitrogens with one attached hydrogen (secondary N) is 1. The summed E-state index contributed by atoms with van der Waals surface area (Å²) in [6, 6.07) is 15.7. The fourth-order valence-electron chi connectivity index (χ4n) is 2.96. The van der Waals surface area contributed by atoms with Crippen LogP contribution in [0.1, 0.15) is 42.9 Å². The molecule has 110 valence electrons. The van der Waals surface area contributed by atoms with Gasteiger partial charge in [0.25, 0.3) is 0 Å². The quantitative estimate of drug-likeness (QED) is 0.831. The zero-order valence-corrected chi connectivity index (χ0v) is 12.8. The molecule has 1 atom stereocenters. The van der Waals surface area contributed by atoms with E-state index in [2.05, 4.69) is 24.4 Å². The second kappa shape index (κ2) is 6.17. The predicted molar refractivity (Wildman–Crippen MR) is 85.2 cm³/mol. The maximum absolute atomic E-state index is 12.9. The first-order valence-corrected chi connectivity index (χ1v) is 7.76. The number of hydrogen-bond donors (Lipinski definition) is 1. The molecule has 1 unspecified atom stereocenters. The molecule has 1 N–H and O–H groups in total. The number of hydrogen-bond acceptors (Lipinski definition) is 1. The molecular weight excluding hydrogens is 285 g/mol. The summed E-state index contributed by atoms with van der Waals surface area (Å²) in [4.78, 5) is 0. The Bertz CT molecular complexity index is 588. The average molecular weight is 304 g/mol. The van der Waals surface area contributed by atoms with Crippen LogP contribution in [0.3, 0.4) is 0 Å². The molecule has 0 aromatic heterocycles. The molecule has 3 heteroatoms. The molecule has 1 aliphatic carbocycles. The Morgan fingerprint density at radius 1 is 1.05 bits per heavy atom. The Balaban J connectivity index is 1.52. The maximum Gasteiger partial charge on any atom is 0.123 e. The van der Waals surface area contributed by atoms with Crippen LogP contribution in [0.15, 0.2) is 48.5 Å². The fraction of sp³-hybridized carbons (Fsp3) is 0.333. The molecule has 0 bridgehead atoms. The molecule has 0 saturated heterocycles. The fourth-order valence-corrected chi connectivity index (χ4v) is 3.09. The third-order valence-electron chi connectivity index (χ3n) is 4.34. The van der Waals surface area contributed by atoms with E-state index in [4.69, 9.17) is 11.6 Å². The molecule has 0 heterocycles. The first kappa shape index (κ1) is 14.6. The van der Waals surface area contributed by atoms with Gasteiger partial charge in [0.1, 0.15) is 5.82 Å². The predicted octanol–water partition coefficient (Wildman–Crippen LogP) is 5.08. The lowest BCUT2D eigenvalue weighted by atomic mass is 9.75. The van der Waals surface area contributed by atoms with Crippen molar-refractivity contribution in [3.8, 4) is 0 Å². The largest absolute Gasteiger partial charge is 0.307 e. The molecule has 1 saturated carbocycles. The van der Waals surface area contributed by atoms with Gasteiger partial charge in [-0.15, -0.1) is 0 Å². The zero-order chi connectivity index (χ0) is 14.8. The van der Waals surface area contributed by atoms with Gasteiger partial charge < -0.3 is 5.32 Å². The Hall–Kier alpha value is -1.38. The van der Waals surface area contributed by atoms with Crippen LogP contribution in [0.4, 0.5) is 4.39 Å². The van der Waals surface area contributed by atoms with E-state index in [-0.39, 0.29) is 11.9 Å². The van der Waals surface area contributed by atoms with Gasteiger partial charge in [-0.25, -0.2) is 4.39 Å². The standard InChI is InChI=1S/C18H19ClFN/c1-12(13-4-8-17(20)9-5-13)21-18-10-15(11-18)14-2-6-16(19)7-3-14/h2-9,12,15,18,21H,10-11H2,1H3. The lowest BCUT2D eigenvalue weighted by Gasteiger charge is -2.38. The van der Waals surface area contributed by atoms with Gasteiger partial charge in [-0.05, 0) is 61.1 Å². The van der Waals surface area contributed by atoms with Crippen molar-refractivity contribution < 1.29 is 4.39 Å². The van der Waals surface area contributed by atoms with Crippen LogP contribution in [0.2, 0.25) is 5.02 Å². The molecule has 1 aliphatic rings. The number of rotatable bonds is 4. The Labute approximate surface area is 130 Å². The monoisotopic (exact) mass is 303 g/mol. The van der Waals surface area contributed by atoms with Crippen molar-refractivity contribution in [3.05, 3.63) is 70.5 Å². The Morgan fingerprint density at radius 2 is 1.67 bits per heavy atom. The van der Waals surface area contributed by atoms with Gasteiger partial charge in [0.05, 0.1) is 0 Å². The maximum atomic E-state index is 12.9. The van der Waals surface area contributed by atoms with E-state index in [0.717, 1.165) is 23.4 Å². The minimum atomic E-state index is -0.183. The van der Waals surface area contributed by atoms with Crippen LogP contribution in [0.5, 0.6) is 0 Å². The van der Waals surface area contributed by atoms with Crippen LogP contribution in [-0.2, 0) is 0 Å². The van der Waals surface area contributed by atoms with E-state index in [1.54, 1.807) is 0 Å². The van der Waals surface area contributed by atoms with Crippen molar-refractivity contribution in [1.29, 1.82) is 0 Å². The van der Waals surface area contributed by atoms with Crippen LogP contribution >= 0.6 is 11.6 Å². The van der Waals surface area contributed by atoms with Crippen molar-refractivity contribution in [2.75, 3.05) is 0 Å². The molecular formula is C18H19ClFN. The summed E-state index contributed by atoms with van der Waals surface area (Å²) in [7, 11) is 0. The van der Waals surface area contributed by atoms with Gasteiger partial charge in [0, 0.05) is 17.1 Å². The van der Waals surface area contributed by atoms with Gasteiger partial charge in [0.2, 0.25) is 0 Å². The second-order valence-corrected chi connectivity index (χ2v) is 6.29. The summed E-state index contributed by atoms with van der Waals surface area (Å²) in [6.45, 7) is 2.13. The molecule has 2 aromatic carbocycles. The second-order valence-electron chi connectivity index (χ2n) is 5.86. The minimum absolute atomic E-state index is 0.183. The summed E-state index contributed by atoms with van der Waals surface area (Å²) in [5, 5.41) is 4.40. The van der Waals surface area contributed by atoms with Gasteiger partial charge in [-0.1, -0.05) is 35.9 Å². The Morgan fingerprint density at radius 3 is 2.29 bits per heavy atom. The van der Waals surface area contributed by atoms with Gasteiger partial charge >= 0.3 is 0 Å². The topological polar surface area (TPSA) is 12.0 Å². The van der Waals surface area contributed by atoms with E-state index in [9.17, 15) is 4.39 Å². The van der Waals surface area contributed by atoms with Gasteiger partial charge in [-0.3, -0.25) is 0 Å². The zero-order valence-electron chi connectivity index (χ0n) is 12.0. The van der Waals surface area contributed by atoms with E-state index in [1.165, 1.54) is 17.7 Å². The highest BCUT2D eigenvalue weighted by molar-refractivity contribution is 6.30. The van der Waals surface area contributed by atoms with E-state index in [1.807, 2.05) is 24.3 Å². The van der Waals surface area contributed by atoms with Gasteiger partial charge in [0.15, 0.2) is 0 Å². The molecule has 21 heavy (non-hydrogen) atoms. The first-order chi connectivity index (χ1) is 10.1. The van der Waals surface area contributed by atoms with Gasteiger partial charge in [-0.2, -0.15) is 0 Å². The molecule has 1 fully saturated rings. The van der Waals surface area contributed by atoms with E-state index >= 15 is 0 Å². The first-order valence-electron chi connectivity index (χ1n) is 7.39. The summed E-state index contributed by atoms with van der Waals surface area (Å²) in [6.07, 6.45) is 2.29. The van der Waals surface area contributed by atoms with Crippen molar-refractivity contribution >= 4 is 11.6 Å². The molecule has 2 aromatic rings. The summed E-state index contributed by atoms with van der Waals surface area (Å²) in [5.74, 6) is 0.442.